The SMILES string of the molecule is CCCCNC(=O)[C@@H](CC)N(Cc1cccc(C)c1)C(=O)CN(c1cccc(OC)c1)S(C)(=O)=O. The van der Waals surface area contributed by atoms with Crippen LogP contribution in [-0.4, -0.2) is 57.6 Å². The number of carbonyl (C=O) groups is 2. The Balaban J connectivity index is 2.41. The van der Waals surface area contributed by atoms with E-state index in [1.165, 1.54) is 12.0 Å². The average molecular weight is 504 g/mol. The van der Waals surface area contributed by atoms with Crippen LogP contribution in [0.2, 0.25) is 0 Å². The van der Waals surface area contributed by atoms with Gasteiger partial charge in [-0.05, 0) is 37.5 Å². The second-order valence-electron chi connectivity index (χ2n) is 8.55. The lowest BCUT2D eigenvalue weighted by atomic mass is 10.1. The van der Waals surface area contributed by atoms with Gasteiger partial charge in [0.2, 0.25) is 21.8 Å². The molecule has 35 heavy (non-hydrogen) atoms. The molecular formula is C26H37N3O5S. The molecule has 2 aromatic rings. The Hall–Kier alpha value is -3.07. The van der Waals surface area contributed by atoms with Crippen molar-refractivity contribution in [2.75, 3.05) is 30.8 Å². The largest absolute Gasteiger partial charge is 0.497 e. The fraction of sp³-hybridized carbons (Fsp3) is 0.462. The molecule has 0 aliphatic rings. The van der Waals surface area contributed by atoms with Gasteiger partial charge in [-0.3, -0.25) is 13.9 Å². The first-order valence-corrected chi connectivity index (χ1v) is 13.7. The molecule has 0 spiro atoms. The molecule has 1 N–H and O–H groups in total. The van der Waals surface area contributed by atoms with Crippen LogP contribution >= 0.6 is 0 Å². The first-order valence-electron chi connectivity index (χ1n) is 11.8. The molecule has 0 unspecified atom stereocenters. The highest BCUT2D eigenvalue weighted by Crippen LogP contribution is 2.24. The molecule has 0 radical (unpaired) electrons. The predicted molar refractivity (Wildman–Crippen MR) is 139 cm³/mol. The molecule has 2 aromatic carbocycles. The zero-order chi connectivity index (χ0) is 26.0. The average Bonchev–Trinajstić information content (AvgIpc) is 2.81. The summed E-state index contributed by atoms with van der Waals surface area (Å²) in [6, 6.07) is 13.5. The van der Waals surface area contributed by atoms with E-state index in [0.29, 0.717) is 24.4 Å². The van der Waals surface area contributed by atoms with Crippen molar-refractivity contribution in [3.8, 4) is 5.75 Å². The summed E-state index contributed by atoms with van der Waals surface area (Å²) in [6.07, 6.45) is 3.23. The molecule has 9 heteroatoms. The Morgan fingerprint density at radius 1 is 1.09 bits per heavy atom. The van der Waals surface area contributed by atoms with Crippen molar-refractivity contribution in [1.29, 1.82) is 0 Å². The lowest BCUT2D eigenvalue weighted by Crippen LogP contribution is -2.52. The molecule has 0 saturated carbocycles. The summed E-state index contributed by atoms with van der Waals surface area (Å²) in [5.41, 5.74) is 2.21. The number of nitrogens with zero attached hydrogens (tertiary/aromatic N) is 2. The molecule has 0 bridgehead atoms. The smallest absolute Gasteiger partial charge is 0.244 e. The van der Waals surface area contributed by atoms with Crippen LogP contribution in [0.5, 0.6) is 5.75 Å². The number of nitrogens with one attached hydrogen (secondary N) is 1. The molecule has 0 fully saturated rings. The molecule has 0 aromatic heterocycles. The maximum atomic E-state index is 13.7. The van der Waals surface area contributed by atoms with E-state index in [-0.39, 0.29) is 12.5 Å². The van der Waals surface area contributed by atoms with Crippen LogP contribution in [0.25, 0.3) is 0 Å². The maximum Gasteiger partial charge on any atom is 0.244 e. The third kappa shape index (κ3) is 8.28. The molecule has 192 valence electrons. The van der Waals surface area contributed by atoms with Gasteiger partial charge in [0, 0.05) is 19.2 Å². The number of hydrogen-bond acceptors (Lipinski definition) is 5. The molecule has 0 saturated heterocycles. The van der Waals surface area contributed by atoms with Crippen molar-refractivity contribution in [2.24, 2.45) is 0 Å². The zero-order valence-electron chi connectivity index (χ0n) is 21.3. The van der Waals surface area contributed by atoms with E-state index < -0.39 is 28.5 Å². The molecule has 1 atom stereocenters. The molecular weight excluding hydrogens is 466 g/mol. The summed E-state index contributed by atoms with van der Waals surface area (Å²) in [5, 5.41) is 2.92. The second kappa shape index (κ2) is 13.1. The van der Waals surface area contributed by atoms with Gasteiger partial charge in [0.05, 0.1) is 19.1 Å². The Bertz CT molecular complexity index is 1100. The second-order valence-corrected chi connectivity index (χ2v) is 10.5. The summed E-state index contributed by atoms with van der Waals surface area (Å²) in [4.78, 5) is 28.2. The quantitative estimate of drug-likeness (QED) is 0.422. The molecule has 0 heterocycles. The van der Waals surface area contributed by atoms with Gasteiger partial charge >= 0.3 is 0 Å². The Labute approximate surface area is 209 Å². The first kappa shape index (κ1) is 28.2. The molecule has 0 aliphatic heterocycles. The normalized spacial score (nSPS) is 12.0. The fourth-order valence-electron chi connectivity index (χ4n) is 3.81. The fourth-order valence-corrected chi connectivity index (χ4v) is 4.65. The summed E-state index contributed by atoms with van der Waals surface area (Å²) in [5.74, 6) is -0.228. The van der Waals surface area contributed by atoms with Crippen LogP contribution in [0.15, 0.2) is 48.5 Å². The van der Waals surface area contributed by atoms with E-state index in [9.17, 15) is 18.0 Å². The maximum absolute atomic E-state index is 13.7. The Morgan fingerprint density at radius 2 is 1.80 bits per heavy atom. The van der Waals surface area contributed by atoms with Gasteiger partial charge in [-0.1, -0.05) is 56.2 Å². The molecule has 2 rings (SSSR count). The van der Waals surface area contributed by atoms with Crippen molar-refractivity contribution >= 4 is 27.5 Å². The van der Waals surface area contributed by atoms with Crippen LogP contribution in [0.3, 0.4) is 0 Å². The minimum absolute atomic E-state index is 0.190. The van der Waals surface area contributed by atoms with Crippen molar-refractivity contribution in [3.05, 3.63) is 59.7 Å². The Morgan fingerprint density at radius 3 is 2.40 bits per heavy atom. The number of unbranched alkanes of at least 4 members (excludes halogenated alkanes) is 1. The van der Waals surface area contributed by atoms with Crippen LogP contribution < -0.4 is 14.4 Å². The zero-order valence-corrected chi connectivity index (χ0v) is 22.1. The summed E-state index contributed by atoms with van der Waals surface area (Å²) >= 11 is 0. The highest BCUT2D eigenvalue weighted by Gasteiger charge is 2.31. The van der Waals surface area contributed by atoms with E-state index in [4.69, 9.17) is 4.74 Å². The number of carbonyl (C=O) groups excluding carboxylic acids is 2. The number of aryl methyl sites for hydroxylation is 1. The summed E-state index contributed by atoms with van der Waals surface area (Å²) < 4.78 is 31.6. The third-order valence-corrected chi connectivity index (χ3v) is 6.81. The van der Waals surface area contributed by atoms with E-state index in [0.717, 1.165) is 34.5 Å². The van der Waals surface area contributed by atoms with Gasteiger partial charge in [-0.15, -0.1) is 0 Å². The number of benzene rings is 2. The lowest BCUT2D eigenvalue weighted by Gasteiger charge is -2.33. The number of rotatable bonds is 13. The van der Waals surface area contributed by atoms with Crippen molar-refractivity contribution in [3.63, 3.8) is 0 Å². The van der Waals surface area contributed by atoms with Crippen molar-refractivity contribution in [2.45, 2.75) is 52.6 Å². The van der Waals surface area contributed by atoms with Gasteiger partial charge in [-0.25, -0.2) is 8.42 Å². The van der Waals surface area contributed by atoms with E-state index in [1.807, 2.05) is 45.0 Å². The number of methoxy groups -OCH3 is 1. The van der Waals surface area contributed by atoms with Crippen LogP contribution in [-0.2, 0) is 26.2 Å². The topological polar surface area (TPSA) is 96.0 Å². The minimum atomic E-state index is -3.79. The van der Waals surface area contributed by atoms with Crippen molar-refractivity contribution in [1.82, 2.24) is 10.2 Å². The van der Waals surface area contributed by atoms with Gasteiger partial charge in [0.25, 0.3) is 0 Å². The van der Waals surface area contributed by atoms with Crippen LogP contribution in [0.1, 0.15) is 44.2 Å². The van der Waals surface area contributed by atoms with Gasteiger partial charge in [-0.2, -0.15) is 0 Å². The molecule has 8 nitrogen and oxygen atoms in total. The standard InChI is InChI=1S/C26H37N3O5S/c1-6-8-15-27-26(31)24(7-2)28(18-21-12-9-11-20(3)16-21)25(30)19-29(35(5,32)33)22-13-10-14-23(17-22)34-4/h9-14,16-17,24H,6-8,15,18-19H2,1-5H3,(H,27,31)/t24-/m1/s1. The number of hydrogen-bond donors (Lipinski definition) is 1. The van der Waals surface area contributed by atoms with Gasteiger partial charge in [0.15, 0.2) is 0 Å². The third-order valence-electron chi connectivity index (χ3n) is 5.67. The summed E-state index contributed by atoms with van der Waals surface area (Å²) in [6.45, 7) is 6.12. The summed E-state index contributed by atoms with van der Waals surface area (Å²) in [7, 11) is -2.30. The number of sulfonamides is 1. The highest BCUT2D eigenvalue weighted by molar-refractivity contribution is 7.92. The van der Waals surface area contributed by atoms with Crippen LogP contribution in [0, 0.1) is 6.92 Å². The van der Waals surface area contributed by atoms with Gasteiger partial charge in [0.1, 0.15) is 18.3 Å². The van der Waals surface area contributed by atoms with E-state index in [1.54, 1.807) is 24.3 Å². The van der Waals surface area contributed by atoms with E-state index >= 15 is 0 Å². The van der Waals surface area contributed by atoms with E-state index in [2.05, 4.69) is 5.32 Å². The number of anilines is 1. The lowest BCUT2D eigenvalue weighted by molar-refractivity contribution is -0.140. The van der Waals surface area contributed by atoms with Gasteiger partial charge < -0.3 is 15.0 Å². The minimum Gasteiger partial charge on any atom is -0.497 e. The number of amides is 2. The Kier molecular flexibility index (Phi) is 10.6. The number of ether oxygens (including phenoxy) is 1. The predicted octanol–water partition coefficient (Wildman–Crippen LogP) is 3.49. The molecule has 2 amide bonds. The monoisotopic (exact) mass is 503 g/mol. The van der Waals surface area contributed by atoms with Crippen LogP contribution in [0.4, 0.5) is 5.69 Å². The van der Waals surface area contributed by atoms with Crippen molar-refractivity contribution < 1.29 is 22.7 Å². The first-order chi connectivity index (χ1) is 16.6. The molecule has 0 aliphatic carbocycles. The highest BCUT2D eigenvalue weighted by atomic mass is 32.2.